The number of nitrogens with zero attached hydrogens (tertiary/aromatic N) is 1. The quantitative estimate of drug-likeness (QED) is 0.824. The molecule has 1 aromatic carbocycles. The lowest BCUT2D eigenvalue weighted by molar-refractivity contribution is -0.149. The van der Waals surface area contributed by atoms with Crippen molar-refractivity contribution in [2.45, 2.75) is 39.5 Å². The highest BCUT2D eigenvalue weighted by molar-refractivity contribution is 5.98. The lowest BCUT2D eigenvalue weighted by Gasteiger charge is -2.28. The van der Waals surface area contributed by atoms with E-state index in [4.69, 9.17) is 9.84 Å². The van der Waals surface area contributed by atoms with Gasteiger partial charge >= 0.3 is 5.97 Å². The van der Waals surface area contributed by atoms with Gasteiger partial charge in [-0.2, -0.15) is 0 Å². The highest BCUT2D eigenvalue weighted by Crippen LogP contribution is 2.34. The van der Waals surface area contributed by atoms with Gasteiger partial charge in [0.25, 0.3) is 0 Å². The molecule has 1 heterocycles. The van der Waals surface area contributed by atoms with E-state index < -0.39 is 17.3 Å². The highest BCUT2D eigenvalue weighted by atomic mass is 16.5. The molecule has 1 aliphatic rings. The lowest BCUT2D eigenvalue weighted by atomic mass is 9.89. The van der Waals surface area contributed by atoms with E-state index in [9.17, 15) is 14.4 Å². The molecule has 0 atom stereocenters. The summed E-state index contributed by atoms with van der Waals surface area (Å²) in [7, 11) is 1.53. The number of aliphatic carboxylic acids is 1. The van der Waals surface area contributed by atoms with E-state index in [1.807, 2.05) is 0 Å². The largest absolute Gasteiger partial charge is 0.495 e. The number of carbonyl (C=O) groups is 3. The maximum atomic E-state index is 12.2. The summed E-state index contributed by atoms with van der Waals surface area (Å²) in [5, 5.41) is 11.8. The minimum absolute atomic E-state index is 0.0278. The SMILES string of the molecule is COc1ccc(NC(=O)CC(C)(C)C(=O)O)cc1N1CCCCC1=O. The van der Waals surface area contributed by atoms with Crippen molar-refractivity contribution < 1.29 is 24.2 Å². The molecule has 7 heteroatoms. The summed E-state index contributed by atoms with van der Waals surface area (Å²) < 4.78 is 5.33. The topological polar surface area (TPSA) is 95.9 Å². The van der Waals surface area contributed by atoms with Crippen LogP contribution in [0.2, 0.25) is 0 Å². The van der Waals surface area contributed by atoms with Crippen molar-refractivity contribution in [3.05, 3.63) is 18.2 Å². The number of carbonyl (C=O) groups excluding carboxylic acids is 2. The maximum Gasteiger partial charge on any atom is 0.309 e. The van der Waals surface area contributed by atoms with Crippen LogP contribution in [0.4, 0.5) is 11.4 Å². The average molecular weight is 348 g/mol. The average Bonchev–Trinajstić information content (AvgIpc) is 2.54. The molecule has 1 aliphatic heterocycles. The Kier molecular flexibility index (Phi) is 5.66. The Bertz CT molecular complexity index is 684. The first-order valence-corrected chi connectivity index (χ1v) is 8.26. The molecule has 1 fully saturated rings. The van der Waals surface area contributed by atoms with Crippen LogP contribution >= 0.6 is 0 Å². The number of amides is 2. The Morgan fingerprint density at radius 2 is 2.04 bits per heavy atom. The maximum absolute atomic E-state index is 12.2. The van der Waals surface area contributed by atoms with Crippen molar-refractivity contribution >= 4 is 29.2 Å². The van der Waals surface area contributed by atoms with Crippen LogP contribution in [0, 0.1) is 5.41 Å². The molecule has 2 amide bonds. The molecule has 25 heavy (non-hydrogen) atoms. The molecule has 7 nitrogen and oxygen atoms in total. The van der Waals surface area contributed by atoms with Gasteiger partial charge in [0, 0.05) is 25.1 Å². The summed E-state index contributed by atoms with van der Waals surface area (Å²) in [5.41, 5.74) is -0.0368. The molecule has 0 bridgehead atoms. The summed E-state index contributed by atoms with van der Waals surface area (Å²) in [6.07, 6.45) is 2.13. The third-order valence-corrected chi connectivity index (χ3v) is 4.26. The van der Waals surface area contributed by atoms with Crippen LogP contribution in [0.1, 0.15) is 39.5 Å². The Hall–Kier alpha value is -2.57. The molecule has 136 valence electrons. The number of anilines is 2. The molecule has 2 N–H and O–H groups in total. The predicted octanol–water partition coefficient (Wildman–Crippen LogP) is 2.65. The number of carboxylic acids is 1. The minimum atomic E-state index is -1.15. The van der Waals surface area contributed by atoms with Crippen molar-refractivity contribution in [3.63, 3.8) is 0 Å². The molecule has 0 spiro atoms. The number of nitrogens with one attached hydrogen (secondary N) is 1. The van der Waals surface area contributed by atoms with Crippen molar-refractivity contribution in [1.29, 1.82) is 0 Å². The first-order chi connectivity index (χ1) is 11.7. The van der Waals surface area contributed by atoms with E-state index in [0.717, 1.165) is 12.8 Å². The van der Waals surface area contributed by atoms with Crippen molar-refractivity contribution in [2.75, 3.05) is 23.9 Å². The van der Waals surface area contributed by atoms with Gasteiger partial charge in [-0.25, -0.2) is 0 Å². The highest BCUT2D eigenvalue weighted by Gasteiger charge is 2.30. The first-order valence-electron chi connectivity index (χ1n) is 8.26. The number of piperidine rings is 1. The van der Waals surface area contributed by atoms with Crippen LogP contribution < -0.4 is 15.0 Å². The Balaban J connectivity index is 2.19. The molecule has 1 aromatic rings. The lowest BCUT2D eigenvalue weighted by Crippen LogP contribution is -2.35. The standard InChI is InChI=1S/C18H24N2O5/c1-18(2,17(23)24)11-15(21)19-12-7-8-14(25-3)13(10-12)20-9-5-4-6-16(20)22/h7-8,10H,4-6,9,11H2,1-3H3,(H,19,21)(H,23,24). The van der Waals surface area contributed by atoms with E-state index in [1.54, 1.807) is 23.1 Å². The van der Waals surface area contributed by atoms with Gasteiger partial charge in [0.15, 0.2) is 0 Å². The summed E-state index contributed by atoms with van der Waals surface area (Å²) in [6.45, 7) is 3.61. The third kappa shape index (κ3) is 4.49. The number of ether oxygens (including phenoxy) is 1. The Morgan fingerprint density at radius 1 is 1.32 bits per heavy atom. The van der Waals surface area contributed by atoms with Gasteiger partial charge < -0.3 is 20.1 Å². The summed E-state index contributed by atoms with van der Waals surface area (Å²) in [4.78, 5) is 37.1. The van der Waals surface area contributed by atoms with Crippen molar-refractivity contribution in [1.82, 2.24) is 0 Å². The van der Waals surface area contributed by atoms with E-state index in [2.05, 4.69) is 5.32 Å². The molecule has 1 saturated heterocycles. The van der Waals surface area contributed by atoms with Gasteiger partial charge in [-0.1, -0.05) is 0 Å². The first kappa shape index (κ1) is 18.8. The van der Waals surface area contributed by atoms with Gasteiger partial charge in [0.1, 0.15) is 5.75 Å². The second-order valence-electron chi connectivity index (χ2n) is 6.80. The zero-order chi connectivity index (χ0) is 18.6. The number of carboxylic acid groups (broad SMARTS) is 1. The van der Waals surface area contributed by atoms with Gasteiger partial charge in [-0.05, 0) is 44.9 Å². The van der Waals surface area contributed by atoms with Gasteiger partial charge in [-0.3, -0.25) is 14.4 Å². The predicted molar refractivity (Wildman–Crippen MR) is 93.9 cm³/mol. The van der Waals surface area contributed by atoms with Crippen molar-refractivity contribution in [2.24, 2.45) is 5.41 Å². The molecular weight excluding hydrogens is 324 g/mol. The van der Waals surface area contributed by atoms with Gasteiger partial charge in [0.2, 0.25) is 11.8 Å². The normalized spacial score (nSPS) is 15.0. The monoisotopic (exact) mass is 348 g/mol. The van der Waals surface area contributed by atoms with Crippen LogP contribution in [-0.4, -0.2) is 36.5 Å². The van der Waals surface area contributed by atoms with Crippen LogP contribution in [0.25, 0.3) is 0 Å². The molecule has 0 aromatic heterocycles. The number of rotatable bonds is 6. The second kappa shape index (κ2) is 7.55. The molecular formula is C18H24N2O5. The summed E-state index contributed by atoms with van der Waals surface area (Å²) in [6, 6.07) is 5.05. The second-order valence-corrected chi connectivity index (χ2v) is 6.80. The van der Waals surface area contributed by atoms with Crippen LogP contribution in [0.3, 0.4) is 0 Å². The fraction of sp³-hybridized carbons (Fsp3) is 0.500. The van der Waals surface area contributed by atoms with Crippen LogP contribution in [0.15, 0.2) is 18.2 Å². The van der Waals surface area contributed by atoms with Crippen molar-refractivity contribution in [3.8, 4) is 5.75 Å². The number of methoxy groups -OCH3 is 1. The van der Waals surface area contributed by atoms with Gasteiger partial charge in [0.05, 0.1) is 18.2 Å². The fourth-order valence-electron chi connectivity index (χ4n) is 2.72. The zero-order valence-electron chi connectivity index (χ0n) is 14.8. The number of hydrogen-bond donors (Lipinski definition) is 2. The summed E-state index contributed by atoms with van der Waals surface area (Å²) >= 11 is 0. The zero-order valence-corrected chi connectivity index (χ0v) is 14.8. The third-order valence-electron chi connectivity index (χ3n) is 4.26. The smallest absolute Gasteiger partial charge is 0.309 e. The van der Waals surface area contributed by atoms with Crippen LogP contribution in [0.5, 0.6) is 5.75 Å². The molecule has 0 saturated carbocycles. The molecule has 0 aliphatic carbocycles. The fourth-order valence-corrected chi connectivity index (χ4v) is 2.72. The Labute approximate surface area is 147 Å². The minimum Gasteiger partial charge on any atom is -0.495 e. The van der Waals surface area contributed by atoms with E-state index in [-0.39, 0.29) is 12.3 Å². The summed E-state index contributed by atoms with van der Waals surface area (Å²) in [5.74, 6) is -0.843. The van der Waals surface area contributed by atoms with E-state index >= 15 is 0 Å². The van der Waals surface area contributed by atoms with E-state index in [1.165, 1.54) is 21.0 Å². The number of benzene rings is 1. The molecule has 2 rings (SSSR count). The Morgan fingerprint density at radius 3 is 2.64 bits per heavy atom. The number of hydrogen-bond acceptors (Lipinski definition) is 4. The van der Waals surface area contributed by atoms with Gasteiger partial charge in [-0.15, -0.1) is 0 Å². The molecule has 0 radical (unpaired) electrons. The van der Waals surface area contributed by atoms with Crippen LogP contribution in [-0.2, 0) is 14.4 Å². The van der Waals surface area contributed by atoms with E-state index in [0.29, 0.717) is 30.1 Å². The molecule has 0 unspecified atom stereocenters.